The first-order valence-electron chi connectivity index (χ1n) is 11.9. The molecule has 3 aromatic rings. The van der Waals surface area contributed by atoms with E-state index in [1.54, 1.807) is 48.5 Å². The molecule has 0 spiro atoms. The molecule has 36 heavy (non-hydrogen) atoms. The summed E-state index contributed by atoms with van der Waals surface area (Å²) < 4.78 is 9.55. The smallest absolute Gasteiger partial charge is 0.273 e. The van der Waals surface area contributed by atoms with Gasteiger partial charge >= 0.3 is 0 Å². The van der Waals surface area contributed by atoms with Crippen molar-refractivity contribution in [3.05, 3.63) is 70.7 Å². The standard InChI is InChI=1S/C26H29N5O4S/c1-2-35-19-14-12-16(13-15-19)22(25(33)29-17-8-6-7-9-17)31(18-10-4-3-5-11-18)26(34)23-20(27)21(24(28)32)30-36-23/h3-5,10-15,17,22H,2,6-9,27H2,1H3,(H2,28,32)(H,29,33). The predicted octanol–water partition coefficient (Wildman–Crippen LogP) is 3.67. The van der Waals surface area contributed by atoms with Crippen LogP contribution in [0.2, 0.25) is 0 Å². The van der Waals surface area contributed by atoms with Crippen molar-refractivity contribution in [2.24, 2.45) is 5.73 Å². The molecular formula is C26H29N5O4S. The first-order chi connectivity index (χ1) is 17.4. The zero-order valence-corrected chi connectivity index (χ0v) is 20.8. The number of anilines is 2. The Labute approximate surface area is 213 Å². The van der Waals surface area contributed by atoms with Gasteiger partial charge < -0.3 is 21.5 Å². The molecule has 0 saturated heterocycles. The third kappa shape index (κ3) is 5.33. The van der Waals surface area contributed by atoms with E-state index in [9.17, 15) is 14.4 Å². The van der Waals surface area contributed by atoms with E-state index in [1.165, 1.54) is 4.90 Å². The first kappa shape index (κ1) is 25.2. The number of hydrogen-bond donors (Lipinski definition) is 3. The van der Waals surface area contributed by atoms with Gasteiger partial charge in [0, 0.05) is 11.7 Å². The molecule has 0 aliphatic heterocycles. The zero-order valence-electron chi connectivity index (χ0n) is 20.0. The quantitative estimate of drug-likeness (QED) is 0.404. The monoisotopic (exact) mass is 507 g/mol. The number of nitrogens with two attached hydrogens (primary N) is 2. The molecule has 5 N–H and O–H groups in total. The van der Waals surface area contributed by atoms with E-state index in [4.69, 9.17) is 16.2 Å². The average Bonchev–Trinajstić information content (AvgIpc) is 3.53. The maximum atomic E-state index is 14.0. The molecule has 1 saturated carbocycles. The van der Waals surface area contributed by atoms with E-state index >= 15 is 0 Å². The zero-order chi connectivity index (χ0) is 25.7. The fourth-order valence-corrected chi connectivity index (χ4v) is 5.13. The van der Waals surface area contributed by atoms with Crippen molar-refractivity contribution in [1.29, 1.82) is 0 Å². The molecule has 10 heteroatoms. The van der Waals surface area contributed by atoms with E-state index in [0.29, 0.717) is 23.6 Å². The van der Waals surface area contributed by atoms with E-state index in [2.05, 4.69) is 9.69 Å². The highest BCUT2D eigenvalue weighted by Gasteiger charge is 2.37. The number of primary amides is 1. The number of nitrogens with one attached hydrogen (secondary N) is 1. The number of hydrogen-bond acceptors (Lipinski definition) is 7. The summed E-state index contributed by atoms with van der Waals surface area (Å²) in [5, 5.41) is 3.13. The summed E-state index contributed by atoms with van der Waals surface area (Å²) in [6.45, 7) is 2.40. The van der Waals surface area contributed by atoms with Gasteiger partial charge in [-0.3, -0.25) is 19.3 Å². The Morgan fingerprint density at radius 3 is 2.36 bits per heavy atom. The number of para-hydroxylation sites is 1. The van der Waals surface area contributed by atoms with Crippen LogP contribution in [0.5, 0.6) is 5.75 Å². The molecule has 1 unspecified atom stereocenters. The van der Waals surface area contributed by atoms with Crippen LogP contribution in [0.25, 0.3) is 0 Å². The van der Waals surface area contributed by atoms with Crippen molar-refractivity contribution < 1.29 is 19.1 Å². The van der Waals surface area contributed by atoms with Gasteiger partial charge in [-0.25, -0.2) is 0 Å². The molecule has 0 radical (unpaired) electrons. The highest BCUT2D eigenvalue weighted by atomic mass is 32.1. The van der Waals surface area contributed by atoms with Gasteiger partial charge in [-0.2, -0.15) is 4.37 Å². The largest absolute Gasteiger partial charge is 0.494 e. The minimum atomic E-state index is -1.00. The summed E-state index contributed by atoms with van der Waals surface area (Å²) in [5.41, 5.74) is 12.3. The van der Waals surface area contributed by atoms with Crippen LogP contribution in [0.3, 0.4) is 0 Å². The highest BCUT2D eigenvalue weighted by molar-refractivity contribution is 7.09. The number of rotatable bonds is 9. The maximum absolute atomic E-state index is 14.0. The van der Waals surface area contributed by atoms with E-state index in [-0.39, 0.29) is 28.2 Å². The molecule has 1 heterocycles. The number of nitrogen functional groups attached to an aromatic ring is 1. The van der Waals surface area contributed by atoms with E-state index in [0.717, 1.165) is 37.2 Å². The number of amides is 3. The van der Waals surface area contributed by atoms with Crippen LogP contribution in [0.15, 0.2) is 54.6 Å². The fraction of sp³-hybridized carbons (Fsp3) is 0.308. The third-order valence-electron chi connectivity index (χ3n) is 6.12. The Balaban J connectivity index is 1.81. The lowest BCUT2D eigenvalue weighted by Gasteiger charge is -2.32. The lowest BCUT2D eigenvalue weighted by atomic mass is 10.0. The van der Waals surface area contributed by atoms with Crippen molar-refractivity contribution in [1.82, 2.24) is 9.69 Å². The summed E-state index contributed by atoms with van der Waals surface area (Å²) in [6.07, 6.45) is 3.89. The van der Waals surface area contributed by atoms with Crippen LogP contribution in [0, 0.1) is 0 Å². The number of carbonyl (C=O) groups is 3. The summed E-state index contributed by atoms with van der Waals surface area (Å²) >= 11 is 0.783. The number of nitrogens with zero attached hydrogens (tertiary/aromatic N) is 2. The minimum Gasteiger partial charge on any atom is -0.494 e. The fourth-order valence-electron chi connectivity index (χ4n) is 4.39. The van der Waals surface area contributed by atoms with Crippen molar-refractivity contribution in [2.75, 3.05) is 17.2 Å². The van der Waals surface area contributed by atoms with Crippen LogP contribution in [-0.4, -0.2) is 34.7 Å². The Morgan fingerprint density at radius 1 is 1.11 bits per heavy atom. The normalized spacial score (nSPS) is 14.2. The Kier molecular flexibility index (Phi) is 7.84. The van der Waals surface area contributed by atoms with Crippen molar-refractivity contribution in [3.8, 4) is 5.75 Å². The maximum Gasteiger partial charge on any atom is 0.273 e. The second kappa shape index (κ2) is 11.2. The van der Waals surface area contributed by atoms with Gasteiger partial charge in [0.2, 0.25) is 5.91 Å². The first-order valence-corrected chi connectivity index (χ1v) is 12.6. The Morgan fingerprint density at radius 2 is 1.78 bits per heavy atom. The third-order valence-corrected chi connectivity index (χ3v) is 6.97. The van der Waals surface area contributed by atoms with Gasteiger partial charge in [0.1, 0.15) is 16.7 Å². The number of ether oxygens (including phenoxy) is 1. The molecule has 1 aromatic heterocycles. The van der Waals surface area contributed by atoms with Gasteiger partial charge in [-0.15, -0.1) is 0 Å². The molecule has 188 valence electrons. The van der Waals surface area contributed by atoms with E-state index < -0.39 is 17.9 Å². The van der Waals surface area contributed by atoms with Gasteiger partial charge in [-0.1, -0.05) is 43.2 Å². The summed E-state index contributed by atoms with van der Waals surface area (Å²) in [5.74, 6) is -1.02. The van der Waals surface area contributed by atoms with Gasteiger partial charge in [-0.05, 0) is 61.1 Å². The molecule has 9 nitrogen and oxygen atoms in total. The molecule has 1 fully saturated rings. The number of aromatic nitrogens is 1. The molecule has 1 atom stereocenters. The second-order valence-electron chi connectivity index (χ2n) is 8.54. The van der Waals surface area contributed by atoms with Crippen LogP contribution in [0.1, 0.15) is 64.4 Å². The van der Waals surface area contributed by atoms with Crippen molar-refractivity contribution >= 4 is 40.6 Å². The predicted molar refractivity (Wildman–Crippen MR) is 139 cm³/mol. The summed E-state index contributed by atoms with van der Waals surface area (Å²) in [6, 6.07) is 15.0. The van der Waals surface area contributed by atoms with Crippen LogP contribution in [0.4, 0.5) is 11.4 Å². The highest BCUT2D eigenvalue weighted by Crippen LogP contribution is 2.34. The molecule has 2 aromatic carbocycles. The van der Waals surface area contributed by atoms with Gasteiger partial charge in [0.05, 0.1) is 12.3 Å². The topological polar surface area (TPSA) is 141 Å². The number of benzene rings is 2. The molecule has 1 aliphatic rings. The van der Waals surface area contributed by atoms with E-state index in [1.807, 2.05) is 13.0 Å². The SMILES string of the molecule is CCOc1ccc(C(C(=O)NC2CCCC2)N(C(=O)c2snc(C(N)=O)c2N)c2ccccc2)cc1. The second-order valence-corrected chi connectivity index (χ2v) is 9.32. The van der Waals surface area contributed by atoms with Crippen molar-refractivity contribution in [2.45, 2.75) is 44.7 Å². The lowest BCUT2D eigenvalue weighted by molar-refractivity contribution is -0.123. The Bertz CT molecular complexity index is 1220. The molecule has 4 rings (SSSR count). The lowest BCUT2D eigenvalue weighted by Crippen LogP contribution is -2.46. The molecule has 0 bridgehead atoms. The number of carbonyl (C=O) groups excluding carboxylic acids is 3. The molecular weight excluding hydrogens is 478 g/mol. The van der Waals surface area contributed by atoms with Gasteiger partial charge in [0.25, 0.3) is 11.8 Å². The molecule has 1 aliphatic carbocycles. The minimum absolute atomic E-state index is 0.0391. The van der Waals surface area contributed by atoms with Crippen LogP contribution >= 0.6 is 11.5 Å². The molecule has 3 amide bonds. The summed E-state index contributed by atoms with van der Waals surface area (Å²) in [4.78, 5) is 41.0. The summed E-state index contributed by atoms with van der Waals surface area (Å²) in [7, 11) is 0. The Hall–Kier alpha value is -3.92. The van der Waals surface area contributed by atoms with Crippen LogP contribution in [-0.2, 0) is 4.79 Å². The van der Waals surface area contributed by atoms with Crippen LogP contribution < -0.4 is 26.4 Å². The average molecular weight is 508 g/mol. The van der Waals surface area contributed by atoms with Crippen molar-refractivity contribution in [3.63, 3.8) is 0 Å². The van der Waals surface area contributed by atoms with Gasteiger partial charge in [0.15, 0.2) is 5.69 Å².